The van der Waals surface area contributed by atoms with Gasteiger partial charge in [-0.2, -0.15) is 0 Å². The molecule has 2 heterocycles. The van der Waals surface area contributed by atoms with E-state index in [0.29, 0.717) is 12.4 Å². The predicted molar refractivity (Wildman–Crippen MR) is 123 cm³/mol. The Bertz CT molecular complexity index is 1030. The van der Waals surface area contributed by atoms with Crippen LogP contribution in [-0.2, 0) is 4.79 Å². The zero-order chi connectivity index (χ0) is 21.6. The van der Waals surface area contributed by atoms with Crippen molar-refractivity contribution in [1.82, 2.24) is 10.2 Å². The maximum atomic E-state index is 12.8. The van der Waals surface area contributed by atoms with E-state index in [9.17, 15) is 4.79 Å². The van der Waals surface area contributed by atoms with Crippen molar-refractivity contribution in [3.63, 3.8) is 0 Å². The van der Waals surface area contributed by atoms with Crippen molar-refractivity contribution >= 4 is 17.4 Å². The first kappa shape index (κ1) is 20.8. The lowest BCUT2D eigenvalue weighted by atomic mass is 9.95. The van der Waals surface area contributed by atoms with Crippen LogP contribution in [0.2, 0.25) is 0 Å². The van der Waals surface area contributed by atoms with Crippen molar-refractivity contribution < 1.29 is 9.53 Å². The standard InChI is InChI=1S/C25H28N4O2/c1-3-31-23-10-5-4-9-22(23)26-25(30)19-13-15-29(16-14-19)24-12-11-21(27-28-24)20-8-6-7-18(2)17-20/h4-12,17,19H,3,13-16H2,1-2H3,(H,26,30). The molecule has 0 unspecified atom stereocenters. The first-order valence-corrected chi connectivity index (χ1v) is 10.8. The summed E-state index contributed by atoms with van der Waals surface area (Å²) in [4.78, 5) is 15.0. The molecule has 0 aliphatic carbocycles. The fourth-order valence-corrected chi connectivity index (χ4v) is 3.91. The van der Waals surface area contributed by atoms with Crippen LogP contribution >= 0.6 is 0 Å². The van der Waals surface area contributed by atoms with Gasteiger partial charge < -0.3 is 15.0 Å². The van der Waals surface area contributed by atoms with Gasteiger partial charge in [0.15, 0.2) is 5.82 Å². The van der Waals surface area contributed by atoms with Crippen LogP contribution in [0.15, 0.2) is 60.7 Å². The van der Waals surface area contributed by atoms with Gasteiger partial charge >= 0.3 is 0 Å². The number of benzene rings is 2. The molecule has 0 saturated carbocycles. The number of ether oxygens (including phenoxy) is 1. The summed E-state index contributed by atoms with van der Waals surface area (Å²) >= 11 is 0. The summed E-state index contributed by atoms with van der Waals surface area (Å²) in [5.74, 6) is 1.59. The van der Waals surface area contributed by atoms with Gasteiger partial charge in [-0.1, -0.05) is 35.9 Å². The summed E-state index contributed by atoms with van der Waals surface area (Å²) in [7, 11) is 0. The third kappa shape index (κ3) is 5.02. The first-order valence-electron chi connectivity index (χ1n) is 10.8. The topological polar surface area (TPSA) is 67.3 Å². The summed E-state index contributed by atoms with van der Waals surface area (Å²) < 4.78 is 5.61. The maximum absolute atomic E-state index is 12.8. The molecule has 0 radical (unpaired) electrons. The summed E-state index contributed by atoms with van der Waals surface area (Å²) in [6, 6.07) is 19.9. The molecule has 4 rings (SSSR count). The molecule has 1 amide bonds. The minimum Gasteiger partial charge on any atom is -0.492 e. The Morgan fingerprint density at radius 2 is 1.87 bits per heavy atom. The quantitative estimate of drug-likeness (QED) is 0.631. The number of piperidine rings is 1. The first-order chi connectivity index (χ1) is 15.1. The Hall–Kier alpha value is -3.41. The highest BCUT2D eigenvalue weighted by Gasteiger charge is 2.26. The minimum atomic E-state index is -0.0227. The zero-order valence-corrected chi connectivity index (χ0v) is 18.0. The number of rotatable bonds is 6. The fraction of sp³-hybridized carbons (Fsp3) is 0.320. The highest BCUT2D eigenvalue weighted by molar-refractivity contribution is 5.94. The summed E-state index contributed by atoms with van der Waals surface area (Å²) in [6.45, 7) is 6.13. The number of para-hydroxylation sites is 2. The van der Waals surface area contributed by atoms with Crippen LogP contribution in [0.4, 0.5) is 11.5 Å². The van der Waals surface area contributed by atoms with Crippen LogP contribution < -0.4 is 15.0 Å². The van der Waals surface area contributed by atoms with Gasteiger partial charge in [-0.3, -0.25) is 4.79 Å². The Balaban J connectivity index is 1.35. The predicted octanol–water partition coefficient (Wildman–Crippen LogP) is 4.71. The molecule has 1 saturated heterocycles. The van der Waals surface area contributed by atoms with Gasteiger partial charge in [-0.15, -0.1) is 10.2 Å². The van der Waals surface area contributed by atoms with Gasteiger partial charge in [0.2, 0.25) is 5.91 Å². The Morgan fingerprint density at radius 3 is 2.58 bits per heavy atom. The average Bonchev–Trinajstić information content (AvgIpc) is 2.81. The molecule has 3 aromatic rings. The third-order valence-corrected chi connectivity index (χ3v) is 5.60. The zero-order valence-electron chi connectivity index (χ0n) is 18.0. The number of nitrogens with zero attached hydrogens (tertiary/aromatic N) is 3. The maximum Gasteiger partial charge on any atom is 0.227 e. The van der Waals surface area contributed by atoms with Crippen molar-refractivity contribution in [3.8, 4) is 17.0 Å². The molecule has 0 bridgehead atoms. The molecule has 6 heteroatoms. The number of anilines is 2. The largest absolute Gasteiger partial charge is 0.492 e. The number of carbonyl (C=O) groups excluding carboxylic acids is 1. The number of nitrogens with one attached hydrogen (secondary N) is 1. The summed E-state index contributed by atoms with van der Waals surface area (Å²) in [5.41, 5.74) is 3.87. The molecule has 160 valence electrons. The normalized spacial score (nSPS) is 14.3. The average molecular weight is 417 g/mol. The Morgan fingerprint density at radius 1 is 1.06 bits per heavy atom. The van der Waals surface area contributed by atoms with Crippen molar-refractivity contribution in [2.75, 3.05) is 29.9 Å². The lowest BCUT2D eigenvalue weighted by molar-refractivity contribution is -0.120. The highest BCUT2D eigenvalue weighted by Crippen LogP contribution is 2.27. The lowest BCUT2D eigenvalue weighted by Crippen LogP contribution is -2.38. The lowest BCUT2D eigenvalue weighted by Gasteiger charge is -2.32. The Labute approximate surface area is 183 Å². The minimum absolute atomic E-state index is 0.0227. The van der Waals surface area contributed by atoms with E-state index in [1.807, 2.05) is 55.5 Å². The van der Waals surface area contributed by atoms with Gasteiger partial charge in [0.05, 0.1) is 18.0 Å². The van der Waals surface area contributed by atoms with Gasteiger partial charge in [-0.05, 0) is 57.0 Å². The smallest absolute Gasteiger partial charge is 0.227 e. The highest BCUT2D eigenvalue weighted by atomic mass is 16.5. The molecular formula is C25H28N4O2. The second kappa shape index (κ2) is 9.60. The molecule has 6 nitrogen and oxygen atoms in total. The van der Waals surface area contributed by atoms with Crippen LogP contribution in [0.1, 0.15) is 25.3 Å². The van der Waals surface area contributed by atoms with E-state index in [0.717, 1.165) is 48.7 Å². The van der Waals surface area contributed by atoms with Gasteiger partial charge in [0.1, 0.15) is 5.75 Å². The molecule has 2 aromatic carbocycles. The van der Waals surface area contributed by atoms with E-state index in [4.69, 9.17) is 4.74 Å². The molecule has 1 aromatic heterocycles. The Kier molecular flexibility index (Phi) is 6.46. The molecule has 1 aliphatic rings. The second-order valence-corrected chi connectivity index (χ2v) is 7.83. The van der Waals surface area contributed by atoms with Crippen molar-refractivity contribution in [3.05, 3.63) is 66.2 Å². The second-order valence-electron chi connectivity index (χ2n) is 7.83. The van der Waals surface area contributed by atoms with E-state index in [1.165, 1.54) is 5.56 Å². The van der Waals surface area contributed by atoms with Crippen LogP contribution in [0.3, 0.4) is 0 Å². The van der Waals surface area contributed by atoms with Crippen molar-refractivity contribution in [2.45, 2.75) is 26.7 Å². The van der Waals surface area contributed by atoms with E-state index in [1.54, 1.807) is 0 Å². The van der Waals surface area contributed by atoms with Gasteiger partial charge in [0, 0.05) is 24.6 Å². The summed E-state index contributed by atoms with van der Waals surface area (Å²) in [6.07, 6.45) is 1.56. The van der Waals surface area contributed by atoms with Crippen molar-refractivity contribution in [1.29, 1.82) is 0 Å². The van der Waals surface area contributed by atoms with Crippen molar-refractivity contribution in [2.24, 2.45) is 5.92 Å². The molecule has 0 spiro atoms. The van der Waals surface area contributed by atoms with E-state index in [2.05, 4.69) is 39.5 Å². The van der Waals surface area contributed by atoms with Gasteiger partial charge in [-0.25, -0.2) is 0 Å². The number of amides is 1. The van der Waals surface area contributed by atoms with Crippen LogP contribution in [0.25, 0.3) is 11.3 Å². The van der Waals surface area contributed by atoms with Crippen LogP contribution in [0.5, 0.6) is 5.75 Å². The fourth-order valence-electron chi connectivity index (χ4n) is 3.91. The molecule has 1 fully saturated rings. The van der Waals surface area contributed by atoms with E-state index < -0.39 is 0 Å². The molecule has 31 heavy (non-hydrogen) atoms. The molecule has 1 N–H and O–H groups in total. The number of aryl methyl sites for hydroxylation is 1. The molecule has 1 aliphatic heterocycles. The number of hydrogen-bond donors (Lipinski definition) is 1. The van der Waals surface area contributed by atoms with E-state index >= 15 is 0 Å². The SMILES string of the molecule is CCOc1ccccc1NC(=O)C1CCN(c2ccc(-c3cccc(C)c3)nn2)CC1. The number of hydrogen-bond acceptors (Lipinski definition) is 5. The summed E-state index contributed by atoms with van der Waals surface area (Å²) in [5, 5.41) is 11.9. The van der Waals surface area contributed by atoms with Gasteiger partial charge in [0.25, 0.3) is 0 Å². The number of carbonyl (C=O) groups is 1. The molecular weight excluding hydrogens is 388 g/mol. The third-order valence-electron chi connectivity index (χ3n) is 5.60. The van der Waals surface area contributed by atoms with Crippen LogP contribution in [0, 0.1) is 12.8 Å². The monoisotopic (exact) mass is 416 g/mol. The molecule has 0 atom stereocenters. The van der Waals surface area contributed by atoms with Crippen LogP contribution in [-0.4, -0.2) is 35.8 Å². The number of aromatic nitrogens is 2. The van der Waals surface area contributed by atoms with E-state index in [-0.39, 0.29) is 11.8 Å².